The van der Waals surface area contributed by atoms with Gasteiger partial charge in [0.15, 0.2) is 0 Å². The molecule has 16 heavy (non-hydrogen) atoms. The van der Waals surface area contributed by atoms with Crippen molar-refractivity contribution in [3.05, 3.63) is 34.6 Å². The van der Waals surface area contributed by atoms with Gasteiger partial charge in [0, 0.05) is 11.6 Å². The molecule has 0 bridgehead atoms. The SMILES string of the molecule is CC(C)(NCc1cc(F)cc(Cl)c1)C(N)=O. The van der Waals surface area contributed by atoms with E-state index in [0.29, 0.717) is 17.1 Å². The van der Waals surface area contributed by atoms with Crippen LogP contribution >= 0.6 is 11.6 Å². The number of carbonyl (C=O) groups is 1. The molecule has 88 valence electrons. The molecule has 0 unspecified atom stereocenters. The van der Waals surface area contributed by atoms with Crippen molar-refractivity contribution in [3.63, 3.8) is 0 Å². The molecule has 1 rings (SSSR count). The zero-order valence-corrected chi connectivity index (χ0v) is 9.94. The zero-order valence-electron chi connectivity index (χ0n) is 9.18. The monoisotopic (exact) mass is 244 g/mol. The van der Waals surface area contributed by atoms with Crippen LogP contribution in [0.5, 0.6) is 0 Å². The molecule has 0 aliphatic heterocycles. The standard InChI is InChI=1S/C11H14ClFN2O/c1-11(2,10(14)16)15-6-7-3-8(12)5-9(13)4-7/h3-5,15H,6H2,1-2H3,(H2,14,16). The van der Waals surface area contributed by atoms with Crippen molar-refractivity contribution in [1.82, 2.24) is 5.32 Å². The van der Waals surface area contributed by atoms with E-state index in [-0.39, 0.29) is 0 Å². The Morgan fingerprint density at radius 1 is 1.50 bits per heavy atom. The van der Waals surface area contributed by atoms with E-state index in [0.717, 1.165) is 0 Å². The van der Waals surface area contributed by atoms with E-state index in [4.69, 9.17) is 17.3 Å². The molecule has 3 nitrogen and oxygen atoms in total. The van der Waals surface area contributed by atoms with Gasteiger partial charge in [-0.25, -0.2) is 4.39 Å². The molecule has 3 N–H and O–H groups in total. The number of benzene rings is 1. The van der Waals surface area contributed by atoms with E-state index >= 15 is 0 Å². The maximum atomic E-state index is 13.0. The zero-order chi connectivity index (χ0) is 12.3. The van der Waals surface area contributed by atoms with E-state index in [1.807, 2.05) is 0 Å². The summed E-state index contributed by atoms with van der Waals surface area (Å²) < 4.78 is 13.0. The summed E-state index contributed by atoms with van der Waals surface area (Å²) in [5, 5.41) is 3.26. The molecule has 0 atom stereocenters. The van der Waals surface area contributed by atoms with Gasteiger partial charge in [0.05, 0.1) is 5.54 Å². The van der Waals surface area contributed by atoms with Crippen molar-refractivity contribution < 1.29 is 9.18 Å². The summed E-state index contributed by atoms with van der Waals surface area (Å²) in [5.74, 6) is -0.865. The molecule has 0 aliphatic rings. The second kappa shape index (κ2) is 4.80. The minimum Gasteiger partial charge on any atom is -0.368 e. The van der Waals surface area contributed by atoms with Gasteiger partial charge in [-0.2, -0.15) is 0 Å². The summed E-state index contributed by atoms with van der Waals surface area (Å²) in [5.41, 5.74) is 5.02. The van der Waals surface area contributed by atoms with E-state index < -0.39 is 17.3 Å². The average Bonchev–Trinajstić information content (AvgIpc) is 2.13. The number of rotatable bonds is 4. The first-order valence-electron chi connectivity index (χ1n) is 4.81. The van der Waals surface area contributed by atoms with Gasteiger partial charge in [0.1, 0.15) is 5.82 Å². The van der Waals surface area contributed by atoms with E-state index in [1.54, 1.807) is 19.9 Å². The molecule has 1 amide bonds. The molecule has 0 radical (unpaired) electrons. The predicted molar refractivity (Wildman–Crippen MR) is 61.5 cm³/mol. The van der Waals surface area contributed by atoms with Gasteiger partial charge in [-0.1, -0.05) is 11.6 Å². The molecule has 0 aromatic heterocycles. The first-order valence-corrected chi connectivity index (χ1v) is 5.19. The quantitative estimate of drug-likeness (QED) is 0.849. The molecule has 0 spiro atoms. The van der Waals surface area contributed by atoms with E-state index in [2.05, 4.69) is 5.32 Å². The average molecular weight is 245 g/mol. The van der Waals surface area contributed by atoms with Crippen LogP contribution in [0.15, 0.2) is 18.2 Å². The predicted octanol–water partition coefficient (Wildman–Crippen LogP) is 1.83. The minimum absolute atomic E-state index is 0.327. The van der Waals surface area contributed by atoms with Crippen molar-refractivity contribution in [3.8, 4) is 0 Å². The summed E-state index contributed by atoms with van der Waals surface area (Å²) >= 11 is 5.70. The van der Waals surface area contributed by atoms with E-state index in [1.165, 1.54) is 12.1 Å². The fourth-order valence-corrected chi connectivity index (χ4v) is 1.37. The fourth-order valence-electron chi connectivity index (χ4n) is 1.12. The minimum atomic E-state index is -0.835. The normalized spacial score (nSPS) is 11.5. The highest BCUT2D eigenvalue weighted by molar-refractivity contribution is 6.30. The highest BCUT2D eigenvalue weighted by atomic mass is 35.5. The maximum absolute atomic E-state index is 13.0. The van der Waals surface area contributed by atoms with Crippen LogP contribution in [-0.2, 0) is 11.3 Å². The van der Waals surface area contributed by atoms with Crippen LogP contribution in [0.25, 0.3) is 0 Å². The molecule has 5 heteroatoms. The third-order valence-corrected chi connectivity index (χ3v) is 2.49. The summed E-state index contributed by atoms with van der Waals surface area (Å²) in [6, 6.07) is 4.22. The Morgan fingerprint density at radius 3 is 2.62 bits per heavy atom. The van der Waals surface area contributed by atoms with Gasteiger partial charge in [-0.3, -0.25) is 10.1 Å². The molecular formula is C11H14ClFN2O. The molecular weight excluding hydrogens is 231 g/mol. The molecule has 0 heterocycles. The van der Waals surface area contributed by atoms with Crippen molar-refractivity contribution in [2.75, 3.05) is 0 Å². The topological polar surface area (TPSA) is 55.1 Å². The number of amides is 1. The first-order chi connectivity index (χ1) is 7.31. The Kier molecular flexibility index (Phi) is 3.88. The largest absolute Gasteiger partial charge is 0.368 e. The number of halogens is 2. The Balaban J connectivity index is 2.71. The van der Waals surface area contributed by atoms with Crippen molar-refractivity contribution in [2.24, 2.45) is 5.73 Å². The van der Waals surface area contributed by atoms with Crippen LogP contribution in [-0.4, -0.2) is 11.4 Å². The van der Waals surface area contributed by atoms with Gasteiger partial charge in [-0.05, 0) is 37.6 Å². The lowest BCUT2D eigenvalue weighted by atomic mass is 10.0. The van der Waals surface area contributed by atoms with Crippen LogP contribution in [0.2, 0.25) is 5.02 Å². The Labute approximate surface area is 98.8 Å². The second-order valence-electron chi connectivity index (χ2n) is 4.12. The van der Waals surface area contributed by atoms with Crippen LogP contribution < -0.4 is 11.1 Å². The third kappa shape index (κ3) is 3.47. The maximum Gasteiger partial charge on any atom is 0.237 e. The molecule has 0 fully saturated rings. The number of hydrogen-bond donors (Lipinski definition) is 2. The van der Waals surface area contributed by atoms with Gasteiger partial charge >= 0.3 is 0 Å². The molecule has 0 aliphatic carbocycles. The number of carbonyl (C=O) groups excluding carboxylic acids is 1. The second-order valence-corrected chi connectivity index (χ2v) is 4.56. The molecule has 0 saturated carbocycles. The summed E-state index contributed by atoms with van der Waals surface area (Å²) in [6.45, 7) is 3.65. The summed E-state index contributed by atoms with van der Waals surface area (Å²) in [6.07, 6.45) is 0. The van der Waals surface area contributed by atoms with Crippen LogP contribution in [0.4, 0.5) is 4.39 Å². The third-order valence-electron chi connectivity index (χ3n) is 2.27. The highest BCUT2D eigenvalue weighted by Crippen LogP contribution is 2.14. The summed E-state index contributed by atoms with van der Waals surface area (Å²) in [4.78, 5) is 11.0. The molecule has 1 aromatic carbocycles. The van der Waals surface area contributed by atoms with Crippen molar-refractivity contribution >= 4 is 17.5 Å². The Morgan fingerprint density at radius 2 is 2.12 bits per heavy atom. The van der Waals surface area contributed by atoms with Crippen LogP contribution in [0, 0.1) is 5.82 Å². The lowest BCUT2D eigenvalue weighted by Crippen LogP contribution is -2.50. The van der Waals surface area contributed by atoms with Crippen LogP contribution in [0.1, 0.15) is 19.4 Å². The van der Waals surface area contributed by atoms with Gasteiger partial charge in [-0.15, -0.1) is 0 Å². The van der Waals surface area contributed by atoms with Gasteiger partial charge < -0.3 is 5.73 Å². The van der Waals surface area contributed by atoms with E-state index in [9.17, 15) is 9.18 Å². The number of nitrogens with one attached hydrogen (secondary N) is 1. The molecule has 1 aromatic rings. The fraction of sp³-hybridized carbons (Fsp3) is 0.364. The smallest absolute Gasteiger partial charge is 0.237 e. The number of nitrogens with two attached hydrogens (primary N) is 1. The van der Waals surface area contributed by atoms with Crippen LogP contribution in [0.3, 0.4) is 0 Å². The van der Waals surface area contributed by atoms with Crippen molar-refractivity contribution in [2.45, 2.75) is 25.9 Å². The highest BCUT2D eigenvalue weighted by Gasteiger charge is 2.23. The van der Waals surface area contributed by atoms with Gasteiger partial charge in [0.25, 0.3) is 0 Å². The number of hydrogen-bond acceptors (Lipinski definition) is 2. The first kappa shape index (κ1) is 12.9. The summed E-state index contributed by atoms with van der Waals surface area (Å²) in [7, 11) is 0. The molecule has 0 saturated heterocycles. The Bertz CT molecular complexity index is 387. The Hall–Kier alpha value is -1.13. The van der Waals surface area contributed by atoms with Crippen molar-refractivity contribution in [1.29, 1.82) is 0 Å². The van der Waals surface area contributed by atoms with Gasteiger partial charge in [0.2, 0.25) is 5.91 Å². The lowest BCUT2D eigenvalue weighted by Gasteiger charge is -2.22. The lowest BCUT2D eigenvalue weighted by molar-refractivity contribution is -0.123. The number of primary amides is 1.